The van der Waals surface area contributed by atoms with Crippen LogP contribution >= 0.6 is 11.6 Å². The lowest BCUT2D eigenvalue weighted by Gasteiger charge is -2.62. The summed E-state index contributed by atoms with van der Waals surface area (Å²) in [5.41, 5.74) is 2.36. The average Bonchev–Trinajstić information content (AvgIpc) is 3.48. The van der Waals surface area contributed by atoms with Crippen molar-refractivity contribution < 1.29 is 8.85 Å². The number of hydrogen-bond donors (Lipinski definition) is 0. The van der Waals surface area contributed by atoms with Gasteiger partial charge >= 0.3 is 0 Å². The molecule has 0 saturated heterocycles. The Morgan fingerprint density at radius 1 is 0.914 bits per heavy atom. The first-order chi connectivity index (χ1) is 16.0. The monoisotopic (exact) mass is 538 g/mol. The fourth-order valence-corrected chi connectivity index (χ4v) is 16.3. The molecule has 3 saturated carbocycles. The zero-order chi connectivity index (χ0) is 26.3. The number of rotatable bonds is 7. The topological polar surface area (TPSA) is 18.5 Å². The Labute approximate surface area is 224 Å². The van der Waals surface area contributed by atoms with Crippen LogP contribution in [0.2, 0.25) is 34.8 Å². The molecule has 202 valence electrons. The molecule has 5 heteroatoms. The lowest BCUT2D eigenvalue weighted by atomic mass is 9.49. The van der Waals surface area contributed by atoms with Crippen molar-refractivity contribution in [1.82, 2.24) is 0 Å². The molecule has 0 radical (unpaired) electrons. The molecule has 0 unspecified atom stereocenters. The third-order valence-electron chi connectivity index (χ3n) is 11.6. The predicted molar refractivity (Wildman–Crippen MR) is 156 cm³/mol. The Kier molecular flexibility index (Phi) is 7.50. The van der Waals surface area contributed by atoms with Crippen LogP contribution in [0, 0.1) is 35.0 Å². The van der Waals surface area contributed by atoms with E-state index in [0.717, 1.165) is 11.5 Å². The Morgan fingerprint density at radius 2 is 1.43 bits per heavy atom. The van der Waals surface area contributed by atoms with Gasteiger partial charge in [-0.3, -0.25) is 0 Å². The fraction of sp³-hybridized carbons (Fsp3) is 0.933. The predicted octanol–water partition coefficient (Wildman–Crippen LogP) is 9.76. The van der Waals surface area contributed by atoms with Crippen LogP contribution < -0.4 is 0 Å². The zero-order valence-corrected chi connectivity index (χ0v) is 27.6. The van der Waals surface area contributed by atoms with E-state index >= 15 is 0 Å². The van der Waals surface area contributed by atoms with Gasteiger partial charge in [0.25, 0.3) is 0 Å². The molecule has 4 bridgehead atoms. The van der Waals surface area contributed by atoms with Crippen LogP contribution in [0.25, 0.3) is 0 Å². The Morgan fingerprint density at radius 3 is 1.89 bits per heavy atom. The highest BCUT2D eigenvalue weighted by molar-refractivity contribution is 6.77. The molecule has 35 heavy (non-hydrogen) atoms. The van der Waals surface area contributed by atoms with Crippen LogP contribution in [0.5, 0.6) is 0 Å². The second-order valence-corrected chi connectivity index (χ2v) is 25.9. The second-order valence-electron chi connectivity index (χ2n) is 15.3. The highest BCUT2D eigenvalue weighted by atomic mass is 35.5. The van der Waals surface area contributed by atoms with Gasteiger partial charge in [0.15, 0.2) is 8.32 Å². The number of fused-ring (bicyclic) bond motifs is 4. The highest BCUT2D eigenvalue weighted by Crippen LogP contribution is 2.73. The standard InChI is InChI=1S/C30H55ClO2Si2/c1-18(2)35(19(3)4,20(5)6)33-28-23-15-22(32-34(11,12)29(8,9)10)16-24(28)27-21(7)26(31)17-25(23)30(27)13-14-30/h17-25,27-28H,13-16H2,1-12H3/t21-,22+,23+,24-,25+,27+,28-/m1/s1. The summed E-state index contributed by atoms with van der Waals surface area (Å²) < 4.78 is 14.9. The van der Waals surface area contributed by atoms with Crippen molar-refractivity contribution in [3.05, 3.63) is 11.1 Å². The molecular weight excluding hydrogens is 484 g/mol. The van der Waals surface area contributed by atoms with E-state index in [-0.39, 0.29) is 5.04 Å². The summed E-state index contributed by atoms with van der Waals surface area (Å²) in [7, 11) is -3.80. The van der Waals surface area contributed by atoms with Crippen LogP contribution in [0.3, 0.4) is 0 Å². The first-order valence-corrected chi connectivity index (χ1v) is 20.1. The molecule has 0 aromatic rings. The van der Waals surface area contributed by atoms with Crippen molar-refractivity contribution in [2.75, 3.05) is 0 Å². The Balaban J connectivity index is 1.75. The third kappa shape index (κ3) is 4.41. The summed E-state index contributed by atoms with van der Waals surface area (Å²) in [6.45, 7) is 29.1. The Bertz CT molecular complexity index is 801. The summed E-state index contributed by atoms with van der Waals surface area (Å²) >= 11 is 6.98. The van der Waals surface area contributed by atoms with Crippen LogP contribution in [0.1, 0.15) is 94.9 Å². The van der Waals surface area contributed by atoms with E-state index in [2.05, 4.69) is 88.4 Å². The van der Waals surface area contributed by atoms with E-state index in [1.54, 1.807) is 0 Å². The molecule has 0 aromatic heterocycles. The van der Waals surface area contributed by atoms with E-state index in [9.17, 15) is 0 Å². The first-order valence-electron chi connectivity index (χ1n) is 14.7. The van der Waals surface area contributed by atoms with Crippen LogP contribution in [0.4, 0.5) is 0 Å². The maximum Gasteiger partial charge on any atom is 0.200 e. The van der Waals surface area contributed by atoms with Gasteiger partial charge in [0.1, 0.15) is 0 Å². The van der Waals surface area contributed by atoms with E-state index in [4.69, 9.17) is 20.5 Å². The quantitative estimate of drug-likeness (QED) is 0.300. The fourth-order valence-electron chi connectivity index (χ4n) is 9.04. The second kappa shape index (κ2) is 9.24. The summed E-state index contributed by atoms with van der Waals surface area (Å²) in [6, 6.07) is 0. The molecular formula is C30H55ClO2Si2. The van der Waals surface area contributed by atoms with E-state index in [0.29, 0.717) is 63.8 Å². The van der Waals surface area contributed by atoms with Gasteiger partial charge in [-0.25, -0.2) is 0 Å². The molecule has 3 fully saturated rings. The lowest BCUT2D eigenvalue weighted by Crippen LogP contribution is -2.63. The van der Waals surface area contributed by atoms with Crippen molar-refractivity contribution >= 4 is 28.2 Å². The maximum absolute atomic E-state index is 7.74. The minimum atomic E-state index is -1.98. The molecule has 0 amide bonds. The molecule has 7 atom stereocenters. The summed E-state index contributed by atoms with van der Waals surface area (Å²) in [5, 5.41) is 1.38. The van der Waals surface area contributed by atoms with Crippen LogP contribution in [-0.2, 0) is 8.85 Å². The van der Waals surface area contributed by atoms with Gasteiger partial charge in [0.05, 0.1) is 6.10 Å². The van der Waals surface area contributed by atoms with Gasteiger partial charge in [0, 0.05) is 11.1 Å². The van der Waals surface area contributed by atoms with Crippen molar-refractivity contribution in [3.8, 4) is 0 Å². The smallest absolute Gasteiger partial charge is 0.200 e. The molecule has 1 spiro atoms. The van der Waals surface area contributed by atoms with Crippen molar-refractivity contribution in [2.45, 2.75) is 142 Å². The van der Waals surface area contributed by atoms with Crippen LogP contribution in [-0.4, -0.2) is 28.8 Å². The molecule has 4 aliphatic carbocycles. The van der Waals surface area contributed by atoms with Gasteiger partial charge in [0.2, 0.25) is 8.32 Å². The maximum atomic E-state index is 7.74. The molecule has 0 aromatic carbocycles. The first kappa shape index (κ1) is 28.4. The highest BCUT2D eigenvalue weighted by Gasteiger charge is 2.69. The molecule has 4 aliphatic rings. The zero-order valence-electron chi connectivity index (χ0n) is 24.9. The summed E-state index contributed by atoms with van der Waals surface area (Å²) in [6.07, 6.45) is 8.35. The van der Waals surface area contributed by atoms with Gasteiger partial charge in [-0.05, 0) is 95.4 Å². The number of halogens is 1. The minimum Gasteiger partial charge on any atom is -0.414 e. The third-order valence-corrected chi connectivity index (χ3v) is 22.7. The normalized spacial score (nSPS) is 36.8. The SMILES string of the molecule is CC(C)[Si](O[C@@H]1[C@H]2C[C@H](O[Si](C)(C)C(C)(C)C)C[C@@H]1[C@@H]1[C@H](C)C(Cl)=C[C@@H]2C12CC2)(C(C)C)C(C)C. The lowest BCUT2D eigenvalue weighted by molar-refractivity contribution is -0.140. The van der Waals surface area contributed by atoms with Gasteiger partial charge in [-0.15, -0.1) is 0 Å². The Hall–Kier alpha value is 0.384. The summed E-state index contributed by atoms with van der Waals surface area (Å²) in [5.74, 6) is 2.79. The minimum absolute atomic E-state index is 0.245. The number of allylic oxidation sites excluding steroid dienone is 2. The van der Waals surface area contributed by atoms with Crippen molar-refractivity contribution in [1.29, 1.82) is 0 Å². The van der Waals surface area contributed by atoms with E-state index < -0.39 is 16.6 Å². The van der Waals surface area contributed by atoms with Crippen molar-refractivity contribution in [3.63, 3.8) is 0 Å². The van der Waals surface area contributed by atoms with Crippen molar-refractivity contribution in [2.24, 2.45) is 35.0 Å². The molecule has 0 heterocycles. The van der Waals surface area contributed by atoms with Crippen LogP contribution in [0.15, 0.2) is 11.1 Å². The largest absolute Gasteiger partial charge is 0.414 e. The average molecular weight is 539 g/mol. The van der Waals surface area contributed by atoms with Gasteiger partial charge in [-0.2, -0.15) is 0 Å². The molecule has 4 rings (SSSR count). The summed E-state index contributed by atoms with van der Waals surface area (Å²) in [4.78, 5) is 0. The molecule has 0 N–H and O–H groups in total. The number of hydrogen-bond acceptors (Lipinski definition) is 2. The van der Waals surface area contributed by atoms with Gasteiger partial charge in [-0.1, -0.05) is 86.9 Å². The van der Waals surface area contributed by atoms with E-state index in [1.807, 2.05) is 0 Å². The molecule has 0 aliphatic heterocycles. The molecule has 2 nitrogen and oxygen atoms in total. The van der Waals surface area contributed by atoms with Gasteiger partial charge < -0.3 is 8.85 Å². The van der Waals surface area contributed by atoms with E-state index in [1.165, 1.54) is 19.3 Å².